The van der Waals surface area contributed by atoms with Gasteiger partial charge in [0.15, 0.2) is 0 Å². The van der Waals surface area contributed by atoms with Crippen molar-refractivity contribution < 1.29 is 18.0 Å². The van der Waals surface area contributed by atoms with Gasteiger partial charge >= 0.3 is 0 Å². The minimum absolute atomic E-state index is 0.149. The Balaban J connectivity index is 1.53. The number of anilines is 1. The minimum atomic E-state index is -3.50. The van der Waals surface area contributed by atoms with Crippen LogP contribution in [0, 0.1) is 13.8 Å². The molecule has 0 unspecified atom stereocenters. The Labute approximate surface area is 195 Å². The van der Waals surface area contributed by atoms with Crippen LogP contribution in [0.4, 0.5) is 5.69 Å². The Morgan fingerprint density at radius 1 is 0.939 bits per heavy atom. The maximum Gasteiger partial charge on any atom is 0.244 e. The second-order valence-electron chi connectivity index (χ2n) is 8.25. The first-order valence-corrected chi connectivity index (χ1v) is 12.6. The van der Waals surface area contributed by atoms with Gasteiger partial charge in [-0.15, -0.1) is 0 Å². The summed E-state index contributed by atoms with van der Waals surface area (Å²) in [6, 6.07) is 12.2. The van der Waals surface area contributed by atoms with E-state index in [4.69, 9.17) is 0 Å². The molecule has 7 nitrogen and oxygen atoms in total. The van der Waals surface area contributed by atoms with E-state index in [1.165, 1.54) is 6.08 Å². The van der Waals surface area contributed by atoms with E-state index in [1.54, 1.807) is 34.6 Å². The molecule has 0 aliphatic carbocycles. The van der Waals surface area contributed by atoms with Gasteiger partial charge in [-0.1, -0.05) is 43.2 Å². The molecule has 2 amide bonds. The monoisotopic (exact) mass is 469 g/mol. The van der Waals surface area contributed by atoms with Gasteiger partial charge in [0.25, 0.3) is 0 Å². The van der Waals surface area contributed by atoms with Crippen molar-refractivity contribution >= 4 is 33.6 Å². The smallest absolute Gasteiger partial charge is 0.244 e. The zero-order valence-corrected chi connectivity index (χ0v) is 20.0. The molecule has 33 heavy (non-hydrogen) atoms. The molecule has 0 saturated carbocycles. The fourth-order valence-corrected chi connectivity index (χ4v) is 5.29. The quantitative estimate of drug-likeness (QED) is 0.605. The van der Waals surface area contributed by atoms with E-state index in [0.717, 1.165) is 42.5 Å². The number of sulfonamides is 1. The summed E-state index contributed by atoms with van der Waals surface area (Å²) >= 11 is 0. The molecular weight excluding hydrogens is 438 g/mol. The number of carbonyl (C=O) groups excluding carboxylic acids is 2. The molecular formula is C25H31N3O4S. The lowest BCUT2D eigenvalue weighted by atomic mass is 10.1. The minimum Gasteiger partial charge on any atom is -0.343 e. The number of hydrogen-bond donors (Lipinski definition) is 2. The number of benzene rings is 2. The van der Waals surface area contributed by atoms with Gasteiger partial charge < -0.3 is 10.6 Å². The van der Waals surface area contributed by atoms with Crippen LogP contribution in [0.1, 0.15) is 42.4 Å². The van der Waals surface area contributed by atoms with Crippen LogP contribution in [0.25, 0.3) is 6.08 Å². The predicted molar refractivity (Wildman–Crippen MR) is 130 cm³/mol. The Morgan fingerprint density at radius 2 is 1.55 bits per heavy atom. The predicted octanol–water partition coefficient (Wildman–Crippen LogP) is 3.64. The summed E-state index contributed by atoms with van der Waals surface area (Å²) in [6.07, 6.45) is 6.80. The fraction of sp³-hybridized carbons (Fsp3) is 0.360. The highest BCUT2D eigenvalue weighted by Crippen LogP contribution is 2.21. The topological polar surface area (TPSA) is 95.6 Å². The number of amides is 2. The van der Waals surface area contributed by atoms with E-state index in [0.29, 0.717) is 18.7 Å². The Kier molecular flexibility index (Phi) is 8.41. The molecule has 1 aliphatic heterocycles. The fourth-order valence-electron chi connectivity index (χ4n) is 3.78. The van der Waals surface area contributed by atoms with E-state index in [-0.39, 0.29) is 17.3 Å². The van der Waals surface area contributed by atoms with E-state index < -0.39 is 15.9 Å². The lowest BCUT2D eigenvalue weighted by molar-refractivity contribution is -0.121. The highest BCUT2D eigenvalue weighted by molar-refractivity contribution is 7.89. The molecule has 0 atom stereocenters. The molecule has 0 aromatic heterocycles. The molecule has 1 aliphatic rings. The molecule has 2 aromatic carbocycles. The van der Waals surface area contributed by atoms with Gasteiger partial charge in [-0.2, -0.15) is 4.31 Å². The molecule has 0 radical (unpaired) electrons. The molecule has 3 rings (SSSR count). The van der Waals surface area contributed by atoms with Gasteiger partial charge in [0.1, 0.15) is 0 Å². The zero-order chi connectivity index (χ0) is 23.8. The summed E-state index contributed by atoms with van der Waals surface area (Å²) in [5.41, 5.74) is 3.36. The van der Waals surface area contributed by atoms with Crippen LogP contribution >= 0.6 is 0 Å². The van der Waals surface area contributed by atoms with Crippen molar-refractivity contribution in [1.82, 2.24) is 9.62 Å². The largest absolute Gasteiger partial charge is 0.343 e. The number of nitrogens with one attached hydrogen (secondary N) is 2. The molecule has 176 valence electrons. The molecule has 1 heterocycles. The van der Waals surface area contributed by atoms with Gasteiger partial charge in [0.2, 0.25) is 21.8 Å². The van der Waals surface area contributed by atoms with Crippen molar-refractivity contribution in [2.45, 2.75) is 44.4 Å². The number of aryl methyl sites for hydroxylation is 2. The van der Waals surface area contributed by atoms with Gasteiger partial charge in [-0.3, -0.25) is 9.59 Å². The maximum absolute atomic E-state index is 12.8. The van der Waals surface area contributed by atoms with Crippen LogP contribution in [0.2, 0.25) is 0 Å². The summed E-state index contributed by atoms with van der Waals surface area (Å²) in [7, 11) is -3.50. The number of nitrogens with zero attached hydrogens (tertiary/aromatic N) is 1. The lowest BCUT2D eigenvalue weighted by Gasteiger charge is -2.19. The second-order valence-corrected chi connectivity index (χ2v) is 10.2. The number of carbonyl (C=O) groups is 2. The van der Waals surface area contributed by atoms with Crippen LogP contribution in [0.15, 0.2) is 53.4 Å². The van der Waals surface area contributed by atoms with Crippen molar-refractivity contribution in [3.05, 3.63) is 65.2 Å². The van der Waals surface area contributed by atoms with Crippen LogP contribution in [0.5, 0.6) is 0 Å². The third-order valence-corrected chi connectivity index (χ3v) is 7.59. The van der Waals surface area contributed by atoms with Crippen LogP contribution in [-0.4, -0.2) is 44.2 Å². The Morgan fingerprint density at radius 3 is 2.15 bits per heavy atom. The first-order chi connectivity index (χ1) is 15.8. The van der Waals surface area contributed by atoms with Gasteiger partial charge in [0.05, 0.1) is 11.4 Å². The normalized spacial score (nSPS) is 15.2. The van der Waals surface area contributed by atoms with E-state index in [9.17, 15) is 18.0 Å². The average molecular weight is 470 g/mol. The lowest BCUT2D eigenvalue weighted by Crippen LogP contribution is -2.32. The van der Waals surface area contributed by atoms with Crippen LogP contribution < -0.4 is 10.6 Å². The first-order valence-electron chi connectivity index (χ1n) is 11.2. The summed E-state index contributed by atoms with van der Waals surface area (Å²) in [5, 5.41) is 5.38. The molecule has 8 heteroatoms. The third-order valence-electron chi connectivity index (χ3n) is 5.68. The zero-order valence-electron chi connectivity index (χ0n) is 19.1. The highest BCUT2D eigenvalue weighted by atomic mass is 32.2. The maximum atomic E-state index is 12.8. The molecule has 2 N–H and O–H groups in total. The third kappa shape index (κ3) is 6.76. The van der Waals surface area contributed by atoms with Gasteiger partial charge in [-0.25, -0.2) is 8.42 Å². The SMILES string of the molecule is Cc1cccc(C)c1NC(=O)CNC(=O)/C=C/c1ccc(S(=O)(=O)N2CCCCCC2)cc1. The summed E-state index contributed by atoms with van der Waals surface area (Å²) in [4.78, 5) is 24.5. The number of rotatable bonds is 7. The van der Waals surface area contributed by atoms with E-state index in [2.05, 4.69) is 10.6 Å². The van der Waals surface area contributed by atoms with E-state index in [1.807, 2.05) is 32.0 Å². The Hall–Kier alpha value is -2.97. The van der Waals surface area contributed by atoms with Crippen molar-refractivity contribution in [2.24, 2.45) is 0 Å². The van der Waals surface area contributed by atoms with Crippen molar-refractivity contribution in [1.29, 1.82) is 0 Å². The average Bonchev–Trinajstić information content (AvgIpc) is 3.09. The van der Waals surface area contributed by atoms with Crippen molar-refractivity contribution in [3.63, 3.8) is 0 Å². The van der Waals surface area contributed by atoms with E-state index >= 15 is 0 Å². The summed E-state index contributed by atoms with van der Waals surface area (Å²) in [5.74, 6) is -0.717. The van der Waals surface area contributed by atoms with Crippen LogP contribution in [0.3, 0.4) is 0 Å². The Bertz CT molecular complexity index is 1100. The molecule has 1 saturated heterocycles. The van der Waals surface area contributed by atoms with Crippen LogP contribution in [-0.2, 0) is 19.6 Å². The van der Waals surface area contributed by atoms with Crippen molar-refractivity contribution in [2.75, 3.05) is 25.0 Å². The number of para-hydroxylation sites is 1. The second kappa shape index (κ2) is 11.2. The standard InChI is InChI=1S/C25H31N3O4S/c1-19-8-7-9-20(2)25(19)27-24(30)18-26-23(29)15-12-21-10-13-22(14-11-21)33(31,32)28-16-5-3-4-6-17-28/h7-15H,3-6,16-18H2,1-2H3,(H,26,29)(H,27,30)/b15-12+. The summed E-state index contributed by atoms with van der Waals surface area (Å²) < 4.78 is 27.2. The van der Waals surface area contributed by atoms with Gasteiger partial charge in [-0.05, 0) is 61.6 Å². The molecule has 1 fully saturated rings. The summed E-state index contributed by atoms with van der Waals surface area (Å²) in [6.45, 7) is 4.79. The number of hydrogen-bond acceptors (Lipinski definition) is 4. The first kappa shape index (κ1) is 24.7. The molecule has 2 aromatic rings. The molecule has 0 bridgehead atoms. The van der Waals surface area contributed by atoms with Gasteiger partial charge in [0, 0.05) is 24.9 Å². The molecule has 0 spiro atoms. The van der Waals surface area contributed by atoms with Crippen molar-refractivity contribution in [3.8, 4) is 0 Å². The highest BCUT2D eigenvalue weighted by Gasteiger charge is 2.24.